The second-order valence-electron chi connectivity index (χ2n) is 8.97. The number of piperidine rings is 1. The van der Waals surface area contributed by atoms with Crippen LogP contribution in [0.3, 0.4) is 0 Å². The highest BCUT2D eigenvalue weighted by atomic mass is 16.5. The first-order chi connectivity index (χ1) is 15.2. The number of carbonyl (C=O) groups is 1. The van der Waals surface area contributed by atoms with Gasteiger partial charge in [-0.2, -0.15) is 0 Å². The molecule has 31 heavy (non-hydrogen) atoms. The molecule has 0 unspecified atom stereocenters. The Morgan fingerprint density at radius 1 is 1.10 bits per heavy atom. The molecule has 1 N–H and O–H groups in total. The summed E-state index contributed by atoms with van der Waals surface area (Å²) in [6.07, 6.45) is 4.39. The van der Waals surface area contributed by atoms with Crippen LogP contribution in [0.2, 0.25) is 0 Å². The van der Waals surface area contributed by atoms with Gasteiger partial charge in [-0.1, -0.05) is 30.3 Å². The summed E-state index contributed by atoms with van der Waals surface area (Å²) in [6, 6.07) is 16.9. The zero-order valence-corrected chi connectivity index (χ0v) is 18.3. The van der Waals surface area contributed by atoms with E-state index in [1.165, 1.54) is 35.0 Å². The highest BCUT2D eigenvalue weighted by Gasteiger charge is 2.27. The second-order valence-corrected chi connectivity index (χ2v) is 8.97. The van der Waals surface area contributed by atoms with Crippen LogP contribution in [0.15, 0.2) is 48.5 Å². The fourth-order valence-electron chi connectivity index (χ4n) is 5.12. The molecule has 3 aromatic rings. The van der Waals surface area contributed by atoms with Gasteiger partial charge >= 0.3 is 0 Å². The summed E-state index contributed by atoms with van der Waals surface area (Å²) in [7, 11) is 1.69. The number of hydrogen-bond acceptors (Lipinski definition) is 3. The summed E-state index contributed by atoms with van der Waals surface area (Å²) in [6.45, 7) is 4.06. The summed E-state index contributed by atoms with van der Waals surface area (Å²) >= 11 is 0. The number of carbonyl (C=O) groups excluding carboxylic acids is 1. The second kappa shape index (κ2) is 8.75. The van der Waals surface area contributed by atoms with Crippen molar-refractivity contribution in [3.63, 3.8) is 0 Å². The number of nitrogens with one attached hydrogen (secondary N) is 1. The quantitative estimate of drug-likeness (QED) is 0.682. The molecule has 1 aromatic heterocycles. The molecule has 162 valence electrons. The topological polar surface area (TPSA) is 48.6 Å². The number of hydrogen-bond donors (Lipinski definition) is 1. The Balaban J connectivity index is 1.18. The minimum atomic E-state index is 0.254. The Bertz CT molecular complexity index is 1050. The number of aromatic nitrogens is 1. The third kappa shape index (κ3) is 4.33. The van der Waals surface area contributed by atoms with E-state index >= 15 is 0 Å². The summed E-state index contributed by atoms with van der Waals surface area (Å²) in [4.78, 5) is 21.0. The van der Waals surface area contributed by atoms with Gasteiger partial charge in [0, 0.05) is 41.7 Å². The van der Waals surface area contributed by atoms with Crippen LogP contribution in [0.25, 0.3) is 10.9 Å². The lowest BCUT2D eigenvalue weighted by Gasteiger charge is -2.34. The lowest BCUT2D eigenvalue weighted by Crippen LogP contribution is -2.45. The van der Waals surface area contributed by atoms with Crippen molar-refractivity contribution in [3.8, 4) is 5.75 Å². The molecular formula is C26H31N3O2. The molecule has 2 aliphatic heterocycles. The molecule has 1 fully saturated rings. The number of benzene rings is 2. The van der Waals surface area contributed by atoms with Crippen LogP contribution in [0, 0.1) is 5.92 Å². The van der Waals surface area contributed by atoms with E-state index in [0.29, 0.717) is 13.1 Å². The molecular weight excluding hydrogens is 386 g/mol. The van der Waals surface area contributed by atoms with E-state index in [1.807, 2.05) is 11.0 Å². The van der Waals surface area contributed by atoms with Crippen molar-refractivity contribution in [2.45, 2.75) is 32.2 Å². The highest BCUT2D eigenvalue weighted by molar-refractivity contribution is 5.87. The van der Waals surface area contributed by atoms with Crippen molar-refractivity contribution < 1.29 is 9.53 Å². The molecule has 0 atom stereocenters. The lowest BCUT2D eigenvalue weighted by atomic mass is 9.90. The van der Waals surface area contributed by atoms with Gasteiger partial charge in [-0.05, 0) is 62.0 Å². The van der Waals surface area contributed by atoms with E-state index in [1.54, 1.807) is 7.11 Å². The van der Waals surface area contributed by atoms with E-state index in [4.69, 9.17) is 4.74 Å². The molecule has 1 saturated heterocycles. The molecule has 5 heteroatoms. The number of fused-ring (bicyclic) bond motifs is 3. The minimum absolute atomic E-state index is 0.254. The molecule has 0 spiro atoms. The van der Waals surface area contributed by atoms with Crippen molar-refractivity contribution in [1.82, 2.24) is 14.8 Å². The molecule has 5 rings (SSSR count). The van der Waals surface area contributed by atoms with Crippen LogP contribution in [0.5, 0.6) is 5.75 Å². The number of aromatic amines is 1. The number of methoxy groups -OCH3 is 1. The lowest BCUT2D eigenvalue weighted by molar-refractivity contribution is -0.133. The molecule has 2 aromatic carbocycles. The fourth-order valence-corrected chi connectivity index (χ4v) is 5.12. The van der Waals surface area contributed by atoms with E-state index in [2.05, 4.69) is 52.3 Å². The Kier molecular flexibility index (Phi) is 5.68. The van der Waals surface area contributed by atoms with Gasteiger partial charge < -0.3 is 14.6 Å². The van der Waals surface area contributed by atoms with Crippen molar-refractivity contribution >= 4 is 16.8 Å². The molecule has 5 nitrogen and oxygen atoms in total. The van der Waals surface area contributed by atoms with Crippen molar-refractivity contribution in [3.05, 3.63) is 65.4 Å². The van der Waals surface area contributed by atoms with E-state index in [9.17, 15) is 4.79 Å². The third-order valence-electron chi connectivity index (χ3n) is 6.97. The first-order valence-corrected chi connectivity index (χ1v) is 11.4. The van der Waals surface area contributed by atoms with Crippen LogP contribution in [0.1, 0.15) is 29.7 Å². The van der Waals surface area contributed by atoms with Crippen LogP contribution in [-0.4, -0.2) is 54.0 Å². The van der Waals surface area contributed by atoms with E-state index in [0.717, 1.165) is 49.7 Å². The number of rotatable bonds is 5. The van der Waals surface area contributed by atoms with Crippen LogP contribution >= 0.6 is 0 Å². The first-order valence-electron chi connectivity index (χ1n) is 11.4. The van der Waals surface area contributed by atoms with Gasteiger partial charge in [-0.25, -0.2) is 0 Å². The van der Waals surface area contributed by atoms with Crippen molar-refractivity contribution in [2.75, 3.05) is 33.3 Å². The van der Waals surface area contributed by atoms with Gasteiger partial charge in [-0.3, -0.25) is 9.69 Å². The standard InChI is InChI=1S/C26H31N3O2/c1-31-21-7-8-24-22(16-21)23-17-29(14-11-25(23)27-24)26(30)18-28-12-9-20(10-13-28)15-19-5-3-2-4-6-19/h2-8,16,20,27H,9-15,17-18H2,1H3. The fraction of sp³-hybridized carbons (Fsp3) is 0.423. The van der Waals surface area contributed by atoms with E-state index < -0.39 is 0 Å². The van der Waals surface area contributed by atoms with Gasteiger partial charge in [0.2, 0.25) is 5.91 Å². The Morgan fingerprint density at radius 3 is 2.68 bits per heavy atom. The van der Waals surface area contributed by atoms with Crippen LogP contribution in [-0.2, 0) is 24.2 Å². The largest absolute Gasteiger partial charge is 0.497 e. The average Bonchev–Trinajstić information content (AvgIpc) is 3.18. The normalized spacial score (nSPS) is 17.6. The van der Waals surface area contributed by atoms with Gasteiger partial charge in [0.05, 0.1) is 13.7 Å². The maximum Gasteiger partial charge on any atom is 0.237 e. The Morgan fingerprint density at radius 2 is 1.90 bits per heavy atom. The number of nitrogens with zero attached hydrogens (tertiary/aromatic N) is 2. The maximum absolute atomic E-state index is 13.1. The molecule has 3 heterocycles. The van der Waals surface area contributed by atoms with Gasteiger partial charge in [0.25, 0.3) is 0 Å². The smallest absolute Gasteiger partial charge is 0.237 e. The zero-order chi connectivity index (χ0) is 21.2. The predicted octanol–water partition coefficient (Wildman–Crippen LogP) is 4.02. The predicted molar refractivity (Wildman–Crippen MR) is 123 cm³/mol. The summed E-state index contributed by atoms with van der Waals surface area (Å²) in [5.74, 6) is 1.84. The molecule has 1 amide bonds. The van der Waals surface area contributed by atoms with Gasteiger partial charge in [0.1, 0.15) is 5.75 Å². The monoisotopic (exact) mass is 417 g/mol. The van der Waals surface area contributed by atoms with Crippen LogP contribution in [0.4, 0.5) is 0 Å². The van der Waals surface area contributed by atoms with Crippen molar-refractivity contribution in [2.24, 2.45) is 5.92 Å². The Labute approximate surface area is 184 Å². The van der Waals surface area contributed by atoms with Crippen molar-refractivity contribution in [1.29, 1.82) is 0 Å². The average molecular weight is 418 g/mol. The van der Waals surface area contributed by atoms with Gasteiger partial charge in [0.15, 0.2) is 0 Å². The number of likely N-dealkylation sites (tertiary alicyclic amines) is 1. The molecule has 0 radical (unpaired) electrons. The minimum Gasteiger partial charge on any atom is -0.497 e. The number of ether oxygens (including phenoxy) is 1. The molecule has 0 aliphatic carbocycles. The first kappa shape index (κ1) is 20.1. The summed E-state index contributed by atoms with van der Waals surface area (Å²) in [5.41, 5.74) is 5.06. The van der Waals surface area contributed by atoms with E-state index in [-0.39, 0.29) is 5.91 Å². The molecule has 0 bridgehead atoms. The van der Waals surface area contributed by atoms with Gasteiger partial charge in [-0.15, -0.1) is 0 Å². The maximum atomic E-state index is 13.1. The molecule has 2 aliphatic rings. The highest BCUT2D eigenvalue weighted by Crippen LogP contribution is 2.30. The summed E-state index contributed by atoms with van der Waals surface area (Å²) in [5, 5.41) is 1.17. The number of H-pyrrole nitrogens is 1. The number of amides is 1. The Hall–Kier alpha value is -2.79. The molecule has 0 saturated carbocycles. The summed E-state index contributed by atoms with van der Waals surface area (Å²) < 4.78 is 5.40. The third-order valence-corrected chi connectivity index (χ3v) is 6.97. The SMILES string of the molecule is COc1ccc2[nH]c3c(c2c1)CN(C(=O)CN1CCC(Cc2ccccc2)CC1)CC3. The van der Waals surface area contributed by atoms with Crippen LogP contribution < -0.4 is 4.74 Å². The zero-order valence-electron chi connectivity index (χ0n) is 18.3.